The molecule has 5 atom stereocenters. The number of hydrogen-bond acceptors (Lipinski definition) is 10. The van der Waals surface area contributed by atoms with Gasteiger partial charge >= 0.3 is 0 Å². The highest BCUT2D eigenvalue weighted by molar-refractivity contribution is 5.95. The molecule has 2 aliphatic carbocycles. The fraction of sp³-hybridized carbons (Fsp3) is 0.719. The molecule has 3 aliphatic heterocycles. The highest BCUT2D eigenvalue weighted by Crippen LogP contribution is 2.48. The van der Waals surface area contributed by atoms with E-state index < -0.39 is 11.0 Å². The smallest absolute Gasteiger partial charge is 0.246 e. The number of fused-ring (bicyclic) bond motifs is 4. The predicted molar refractivity (Wildman–Crippen MR) is 160 cm³/mol. The van der Waals surface area contributed by atoms with Gasteiger partial charge in [-0.05, 0) is 84.7 Å². The summed E-state index contributed by atoms with van der Waals surface area (Å²) in [4.78, 5) is 28.5. The molecule has 0 radical (unpaired) electrons. The molecule has 3 aromatic rings. The van der Waals surface area contributed by atoms with Gasteiger partial charge in [0.1, 0.15) is 23.6 Å². The minimum atomic E-state index is -0.839. The van der Waals surface area contributed by atoms with Crippen LogP contribution in [0, 0.1) is 0 Å². The van der Waals surface area contributed by atoms with E-state index in [4.69, 9.17) is 24.3 Å². The quantitative estimate of drug-likeness (QED) is 0.470. The van der Waals surface area contributed by atoms with Gasteiger partial charge in [0.2, 0.25) is 5.88 Å². The van der Waals surface area contributed by atoms with E-state index >= 15 is 0 Å². The molecule has 43 heavy (non-hydrogen) atoms. The van der Waals surface area contributed by atoms with Gasteiger partial charge in [-0.25, -0.2) is 14.6 Å². The third kappa shape index (κ3) is 4.17. The fourth-order valence-corrected chi connectivity index (χ4v) is 8.82. The Labute approximate surface area is 252 Å². The van der Waals surface area contributed by atoms with Crippen LogP contribution in [0.4, 0.5) is 5.82 Å². The van der Waals surface area contributed by atoms with Crippen LogP contribution in [0.2, 0.25) is 0 Å². The average Bonchev–Trinajstić information content (AvgIpc) is 3.72. The second-order valence-corrected chi connectivity index (χ2v) is 13.9. The van der Waals surface area contributed by atoms with Crippen molar-refractivity contribution < 1.29 is 19.2 Å². The number of aromatic nitrogens is 5. The summed E-state index contributed by atoms with van der Waals surface area (Å²) in [5.41, 5.74) is 0.940. The summed E-state index contributed by atoms with van der Waals surface area (Å²) in [5.74, 6) is 2.83. The lowest BCUT2D eigenvalue weighted by atomic mass is 9.64. The molecule has 11 nitrogen and oxygen atoms in total. The number of likely N-dealkylation sites (tertiary alicyclic amines) is 1. The van der Waals surface area contributed by atoms with Gasteiger partial charge in [-0.1, -0.05) is 18.5 Å². The van der Waals surface area contributed by atoms with E-state index in [1.54, 1.807) is 0 Å². The topological polar surface area (TPSA) is 123 Å². The van der Waals surface area contributed by atoms with Gasteiger partial charge in [0, 0.05) is 24.6 Å². The molecule has 0 unspecified atom stereocenters. The SMILES string of the molecule is CCN1CCC[C@H]1[C@H](C)n1nc2c3c(nc(-c4noc5c4CCC[C@@]54CCCCC4=O)nc31)N1C[C@](C)(O)CC[C@@H]1CO2. The Morgan fingerprint density at radius 1 is 1.09 bits per heavy atom. The van der Waals surface area contributed by atoms with Crippen LogP contribution in [0.1, 0.15) is 102 Å². The number of likely N-dealkylation sites (N-methyl/N-ethyl adjacent to an activating group) is 1. The molecule has 1 saturated carbocycles. The Morgan fingerprint density at radius 2 is 1.95 bits per heavy atom. The van der Waals surface area contributed by atoms with E-state index in [9.17, 15) is 9.90 Å². The molecule has 230 valence electrons. The number of ketones is 1. The number of aliphatic hydroxyl groups is 1. The first-order valence-electron chi connectivity index (χ1n) is 16.5. The van der Waals surface area contributed by atoms with Gasteiger partial charge < -0.3 is 19.3 Å². The van der Waals surface area contributed by atoms with E-state index in [-0.39, 0.29) is 17.9 Å². The van der Waals surface area contributed by atoms with Crippen LogP contribution in [-0.4, -0.2) is 84.6 Å². The standard InChI is InChI=1S/C32H43N7O4/c1-4-37-16-8-10-22(37)19(2)39-29-24-28(38-18-31(3,41)15-12-20(38)17-42-30(24)35-39)33-27(34-29)25-21-9-7-14-32(26(21)43-36-25)13-6-5-11-23(32)40/h19-20,22,41H,4-18H2,1-3H3/t19-,20+,22-,31+,32+/m0/s1. The van der Waals surface area contributed by atoms with Crippen molar-refractivity contribution in [2.75, 3.05) is 31.1 Å². The Bertz CT molecular complexity index is 1580. The van der Waals surface area contributed by atoms with Gasteiger partial charge in [-0.3, -0.25) is 9.69 Å². The van der Waals surface area contributed by atoms with Crippen molar-refractivity contribution in [3.05, 3.63) is 11.3 Å². The zero-order chi connectivity index (χ0) is 29.5. The zero-order valence-corrected chi connectivity index (χ0v) is 25.6. The van der Waals surface area contributed by atoms with Crippen LogP contribution in [-0.2, 0) is 16.6 Å². The molecule has 8 rings (SSSR count). The van der Waals surface area contributed by atoms with Crippen molar-refractivity contribution in [3.63, 3.8) is 0 Å². The molecular weight excluding hydrogens is 546 g/mol. The number of Topliss-reactive ketones (excluding diaryl/α,β-unsaturated/α-hetero) is 1. The first-order valence-corrected chi connectivity index (χ1v) is 16.5. The maximum Gasteiger partial charge on any atom is 0.246 e. The summed E-state index contributed by atoms with van der Waals surface area (Å²) in [6.07, 6.45) is 9.72. The van der Waals surface area contributed by atoms with Crippen LogP contribution < -0.4 is 9.64 Å². The largest absolute Gasteiger partial charge is 0.474 e. The Kier molecular flexibility index (Phi) is 6.39. The summed E-state index contributed by atoms with van der Waals surface area (Å²) >= 11 is 0. The molecule has 1 spiro atoms. The molecule has 2 saturated heterocycles. The van der Waals surface area contributed by atoms with Crippen LogP contribution in [0.25, 0.3) is 22.6 Å². The number of hydrogen-bond donors (Lipinski definition) is 1. The van der Waals surface area contributed by atoms with E-state index in [1.165, 1.54) is 6.42 Å². The molecule has 3 aromatic heterocycles. The molecular formula is C32H43N7O4. The van der Waals surface area contributed by atoms with Crippen molar-refractivity contribution in [2.45, 2.75) is 121 Å². The lowest BCUT2D eigenvalue weighted by Gasteiger charge is -2.42. The lowest BCUT2D eigenvalue weighted by Crippen LogP contribution is -2.53. The number of carbonyl (C=O) groups is 1. The Morgan fingerprint density at radius 3 is 2.79 bits per heavy atom. The maximum absolute atomic E-state index is 13.3. The summed E-state index contributed by atoms with van der Waals surface area (Å²) in [5, 5.41) is 21.6. The minimum absolute atomic E-state index is 0.0750. The molecule has 3 fully saturated rings. The number of ether oxygens (including phenoxy) is 1. The first-order chi connectivity index (χ1) is 20.8. The zero-order valence-electron chi connectivity index (χ0n) is 25.6. The van der Waals surface area contributed by atoms with Crippen molar-refractivity contribution in [1.82, 2.24) is 29.8 Å². The van der Waals surface area contributed by atoms with Gasteiger partial charge in [-0.15, -0.1) is 5.10 Å². The number of nitrogens with zero attached hydrogens (tertiary/aromatic N) is 7. The number of rotatable bonds is 4. The normalized spacial score (nSPS) is 31.6. The van der Waals surface area contributed by atoms with Crippen molar-refractivity contribution >= 4 is 22.6 Å². The second-order valence-electron chi connectivity index (χ2n) is 13.9. The summed E-state index contributed by atoms with van der Waals surface area (Å²) in [6, 6.07) is 0.504. The van der Waals surface area contributed by atoms with Gasteiger partial charge in [0.25, 0.3) is 0 Å². The molecule has 0 amide bonds. The number of carbonyl (C=O) groups excluding carboxylic acids is 1. The van der Waals surface area contributed by atoms with Gasteiger partial charge in [-0.2, -0.15) is 0 Å². The summed E-state index contributed by atoms with van der Waals surface area (Å²) < 4.78 is 14.5. The van der Waals surface area contributed by atoms with Crippen molar-refractivity contribution in [2.24, 2.45) is 0 Å². The molecule has 0 aromatic carbocycles. The van der Waals surface area contributed by atoms with Crippen molar-refractivity contribution in [1.29, 1.82) is 0 Å². The van der Waals surface area contributed by atoms with Crippen LogP contribution in [0.15, 0.2) is 4.52 Å². The molecule has 6 heterocycles. The van der Waals surface area contributed by atoms with Crippen molar-refractivity contribution in [3.8, 4) is 17.4 Å². The molecule has 11 heteroatoms. The molecule has 5 aliphatic rings. The predicted octanol–water partition coefficient (Wildman–Crippen LogP) is 4.36. The third-order valence-electron chi connectivity index (χ3n) is 11.2. The minimum Gasteiger partial charge on any atom is -0.474 e. The monoisotopic (exact) mass is 589 g/mol. The van der Waals surface area contributed by atoms with Crippen LogP contribution in [0.5, 0.6) is 5.88 Å². The molecule has 1 N–H and O–H groups in total. The highest BCUT2D eigenvalue weighted by Gasteiger charge is 2.49. The number of anilines is 1. The molecule has 0 bridgehead atoms. The summed E-state index contributed by atoms with van der Waals surface area (Å²) in [6.45, 7) is 9.37. The lowest BCUT2D eigenvalue weighted by molar-refractivity contribution is -0.128. The van der Waals surface area contributed by atoms with Crippen LogP contribution >= 0.6 is 0 Å². The average molecular weight is 590 g/mol. The Balaban J connectivity index is 1.31. The van der Waals surface area contributed by atoms with Gasteiger partial charge in [0.15, 0.2) is 22.9 Å². The fourth-order valence-electron chi connectivity index (χ4n) is 8.82. The Hall–Kier alpha value is -3.05. The summed E-state index contributed by atoms with van der Waals surface area (Å²) in [7, 11) is 0. The van der Waals surface area contributed by atoms with Crippen LogP contribution in [0.3, 0.4) is 0 Å². The third-order valence-corrected chi connectivity index (χ3v) is 11.2. The first kappa shape index (κ1) is 27.5. The van der Waals surface area contributed by atoms with E-state index in [1.807, 2.05) is 11.6 Å². The van der Waals surface area contributed by atoms with E-state index in [2.05, 4.69) is 28.8 Å². The van der Waals surface area contributed by atoms with E-state index in [0.717, 1.165) is 92.6 Å². The second kappa shape index (κ2) is 9.99. The maximum atomic E-state index is 13.3. The van der Waals surface area contributed by atoms with Gasteiger partial charge in [0.05, 0.1) is 23.1 Å². The highest BCUT2D eigenvalue weighted by atomic mass is 16.5. The van der Waals surface area contributed by atoms with E-state index in [0.29, 0.717) is 49.4 Å². The number of piperidine rings is 1.